The number of alkyl halides is 3. The predicted octanol–water partition coefficient (Wildman–Crippen LogP) is 4.15. The highest BCUT2D eigenvalue weighted by atomic mass is 79.9. The number of thiazole rings is 1. The van der Waals surface area contributed by atoms with E-state index in [1.165, 1.54) is 12.1 Å². The molecule has 1 heterocycles. The number of aromatic nitrogens is 1. The Balaban J connectivity index is 2.36. The topological polar surface area (TPSA) is 33.1 Å². The lowest BCUT2D eigenvalue weighted by molar-refractivity contribution is -0.137. The number of aliphatic hydroxyl groups excluding tert-OH is 1. The van der Waals surface area contributed by atoms with E-state index in [1.54, 1.807) is 0 Å². The van der Waals surface area contributed by atoms with Gasteiger partial charge in [-0.3, -0.25) is 0 Å². The van der Waals surface area contributed by atoms with E-state index in [0.29, 0.717) is 4.47 Å². The van der Waals surface area contributed by atoms with Gasteiger partial charge in [-0.05, 0) is 18.2 Å². The zero-order chi connectivity index (χ0) is 14.2. The first-order valence-electron chi connectivity index (χ1n) is 4.95. The average molecular weight is 356 g/mol. The van der Waals surface area contributed by atoms with E-state index in [1.807, 2.05) is 0 Å². The first-order valence-corrected chi connectivity index (χ1v) is 6.56. The number of hydrogen-bond donors (Lipinski definition) is 1. The summed E-state index contributed by atoms with van der Waals surface area (Å²) in [6.45, 7) is 0. The van der Waals surface area contributed by atoms with Crippen molar-refractivity contribution in [2.75, 3.05) is 0 Å². The molecule has 1 aromatic heterocycles. The SMILES string of the molecule is OC(c1cnc(C(F)(F)F)s1)c1cc(Br)ccc1F. The van der Waals surface area contributed by atoms with Crippen LogP contribution in [0.15, 0.2) is 28.9 Å². The molecule has 102 valence electrons. The van der Waals surface area contributed by atoms with Gasteiger partial charge in [0, 0.05) is 16.2 Å². The Morgan fingerprint density at radius 2 is 2.00 bits per heavy atom. The van der Waals surface area contributed by atoms with Crippen molar-refractivity contribution in [2.24, 2.45) is 0 Å². The molecule has 0 fully saturated rings. The monoisotopic (exact) mass is 355 g/mol. The molecule has 19 heavy (non-hydrogen) atoms. The second kappa shape index (κ2) is 5.18. The summed E-state index contributed by atoms with van der Waals surface area (Å²) in [6, 6.07) is 3.86. The lowest BCUT2D eigenvalue weighted by atomic mass is 10.1. The molecule has 0 aliphatic rings. The quantitative estimate of drug-likeness (QED) is 0.821. The van der Waals surface area contributed by atoms with Crippen LogP contribution in [0.5, 0.6) is 0 Å². The van der Waals surface area contributed by atoms with Crippen LogP contribution in [0.4, 0.5) is 17.6 Å². The van der Waals surface area contributed by atoms with E-state index in [4.69, 9.17) is 0 Å². The molecule has 2 nitrogen and oxygen atoms in total. The third-order valence-corrected chi connectivity index (χ3v) is 3.88. The summed E-state index contributed by atoms with van der Waals surface area (Å²) >= 11 is 3.39. The summed E-state index contributed by atoms with van der Waals surface area (Å²) in [5, 5.41) is 8.85. The van der Waals surface area contributed by atoms with E-state index >= 15 is 0 Å². The number of halogens is 5. The molecule has 2 rings (SSSR count). The number of nitrogens with zero attached hydrogens (tertiary/aromatic N) is 1. The molecule has 2 aromatic rings. The van der Waals surface area contributed by atoms with Gasteiger partial charge in [0.15, 0.2) is 5.01 Å². The van der Waals surface area contributed by atoms with Crippen LogP contribution >= 0.6 is 27.3 Å². The van der Waals surface area contributed by atoms with Crippen LogP contribution in [0, 0.1) is 5.82 Å². The second-order valence-electron chi connectivity index (χ2n) is 3.63. The smallest absolute Gasteiger partial charge is 0.383 e. The van der Waals surface area contributed by atoms with Crippen LogP contribution in [0.2, 0.25) is 0 Å². The molecule has 1 N–H and O–H groups in total. The van der Waals surface area contributed by atoms with Gasteiger partial charge in [0.05, 0.1) is 4.88 Å². The van der Waals surface area contributed by atoms with Gasteiger partial charge < -0.3 is 5.11 Å². The van der Waals surface area contributed by atoms with Gasteiger partial charge >= 0.3 is 6.18 Å². The third-order valence-electron chi connectivity index (χ3n) is 2.29. The molecule has 1 aromatic carbocycles. The van der Waals surface area contributed by atoms with Crippen molar-refractivity contribution >= 4 is 27.3 Å². The maximum absolute atomic E-state index is 13.5. The van der Waals surface area contributed by atoms with Crippen LogP contribution in [0.25, 0.3) is 0 Å². The number of aliphatic hydroxyl groups is 1. The predicted molar refractivity (Wildman–Crippen MR) is 65.3 cm³/mol. The van der Waals surface area contributed by atoms with E-state index in [2.05, 4.69) is 20.9 Å². The van der Waals surface area contributed by atoms with E-state index in [-0.39, 0.29) is 21.8 Å². The first kappa shape index (κ1) is 14.4. The fourth-order valence-corrected chi connectivity index (χ4v) is 2.59. The fourth-order valence-electron chi connectivity index (χ4n) is 1.42. The summed E-state index contributed by atoms with van der Waals surface area (Å²) in [7, 11) is 0. The Morgan fingerprint density at radius 3 is 2.58 bits per heavy atom. The minimum atomic E-state index is -4.57. The van der Waals surface area contributed by atoms with Crippen LogP contribution in [-0.4, -0.2) is 10.1 Å². The maximum Gasteiger partial charge on any atom is 0.443 e. The Kier molecular flexibility index (Phi) is 3.93. The molecule has 1 unspecified atom stereocenters. The molecule has 0 spiro atoms. The van der Waals surface area contributed by atoms with Gasteiger partial charge in [-0.15, -0.1) is 11.3 Å². The second-order valence-corrected chi connectivity index (χ2v) is 5.61. The lowest BCUT2D eigenvalue weighted by Crippen LogP contribution is -2.03. The van der Waals surface area contributed by atoms with Gasteiger partial charge in [0.25, 0.3) is 0 Å². The van der Waals surface area contributed by atoms with E-state index in [0.717, 1.165) is 12.3 Å². The fraction of sp³-hybridized carbons (Fsp3) is 0.182. The van der Waals surface area contributed by atoms with Gasteiger partial charge in [-0.25, -0.2) is 9.37 Å². The van der Waals surface area contributed by atoms with Crippen molar-refractivity contribution in [3.8, 4) is 0 Å². The van der Waals surface area contributed by atoms with Crippen molar-refractivity contribution in [3.05, 3.63) is 50.1 Å². The van der Waals surface area contributed by atoms with Gasteiger partial charge in [0.1, 0.15) is 11.9 Å². The summed E-state index contributed by atoms with van der Waals surface area (Å²) in [5.41, 5.74) is -0.105. The van der Waals surface area contributed by atoms with Gasteiger partial charge in [0.2, 0.25) is 0 Å². The van der Waals surface area contributed by atoms with E-state index in [9.17, 15) is 22.7 Å². The summed E-state index contributed by atoms with van der Waals surface area (Å²) in [6.07, 6.45) is -5.15. The zero-order valence-electron chi connectivity index (χ0n) is 9.08. The first-order chi connectivity index (χ1) is 8.79. The summed E-state index contributed by atoms with van der Waals surface area (Å²) in [5.74, 6) is -0.697. The number of benzene rings is 1. The number of rotatable bonds is 2. The lowest BCUT2D eigenvalue weighted by Gasteiger charge is -2.10. The molecule has 0 aliphatic heterocycles. The normalized spacial score (nSPS) is 13.6. The molecule has 0 radical (unpaired) electrons. The summed E-state index contributed by atoms with van der Waals surface area (Å²) < 4.78 is 51.2. The van der Waals surface area contributed by atoms with Crippen molar-refractivity contribution in [2.45, 2.75) is 12.3 Å². The van der Waals surface area contributed by atoms with Crippen LogP contribution in [-0.2, 0) is 6.18 Å². The molecule has 1 atom stereocenters. The molecule has 0 amide bonds. The average Bonchev–Trinajstić information content (AvgIpc) is 2.80. The van der Waals surface area contributed by atoms with Crippen molar-refractivity contribution in [1.29, 1.82) is 0 Å². The Morgan fingerprint density at radius 1 is 1.32 bits per heavy atom. The van der Waals surface area contributed by atoms with Crippen LogP contribution in [0.3, 0.4) is 0 Å². The Labute approximate surface area is 117 Å². The third kappa shape index (κ3) is 3.13. The van der Waals surface area contributed by atoms with Crippen molar-refractivity contribution in [3.63, 3.8) is 0 Å². The highest BCUT2D eigenvalue weighted by Crippen LogP contribution is 2.36. The Bertz CT molecular complexity index is 599. The maximum atomic E-state index is 13.5. The standard InChI is InChI=1S/C11H6BrF4NOS/c12-5-1-2-7(13)6(3-5)9(18)8-4-17-10(19-8)11(14,15)16/h1-4,9,18H. The molecule has 0 aliphatic carbocycles. The van der Waals surface area contributed by atoms with Crippen LogP contribution < -0.4 is 0 Å². The summed E-state index contributed by atoms with van der Waals surface area (Å²) in [4.78, 5) is 3.12. The molecular formula is C11H6BrF4NOS. The molecule has 0 bridgehead atoms. The number of hydrogen-bond acceptors (Lipinski definition) is 3. The largest absolute Gasteiger partial charge is 0.443 e. The Hall–Kier alpha value is -0.990. The van der Waals surface area contributed by atoms with Crippen molar-refractivity contribution in [1.82, 2.24) is 4.98 Å². The minimum absolute atomic E-state index is 0.0654. The van der Waals surface area contributed by atoms with Gasteiger partial charge in [-0.1, -0.05) is 15.9 Å². The zero-order valence-corrected chi connectivity index (χ0v) is 11.5. The molecule has 0 saturated carbocycles. The highest BCUT2D eigenvalue weighted by molar-refractivity contribution is 9.10. The minimum Gasteiger partial charge on any atom is -0.383 e. The van der Waals surface area contributed by atoms with Crippen molar-refractivity contribution < 1.29 is 22.7 Å². The van der Waals surface area contributed by atoms with Gasteiger partial charge in [-0.2, -0.15) is 13.2 Å². The van der Waals surface area contributed by atoms with Crippen LogP contribution in [0.1, 0.15) is 21.6 Å². The molecular weight excluding hydrogens is 350 g/mol. The molecule has 8 heteroatoms. The molecule has 0 saturated heterocycles. The highest BCUT2D eigenvalue weighted by Gasteiger charge is 2.35. The van der Waals surface area contributed by atoms with E-state index < -0.39 is 23.1 Å².